The Morgan fingerprint density at radius 1 is 0.477 bits per heavy atom. The fourth-order valence-electron chi connectivity index (χ4n) is 9.64. The smallest absolute Gasteiger partial charge is 0.252 e. The molecule has 0 unspecified atom stereocenters. The van der Waals surface area contributed by atoms with E-state index in [2.05, 4.69) is 236 Å². The summed E-state index contributed by atoms with van der Waals surface area (Å²) in [4.78, 5) is 9.76. The molecule has 0 radical (unpaired) electrons. The van der Waals surface area contributed by atoms with E-state index in [0.29, 0.717) is 5.69 Å². The van der Waals surface area contributed by atoms with Gasteiger partial charge in [0, 0.05) is 39.7 Å². The van der Waals surface area contributed by atoms with Crippen LogP contribution in [0.3, 0.4) is 0 Å². The molecule has 4 nitrogen and oxygen atoms in total. The predicted octanol–water partition coefficient (Wildman–Crippen LogP) is 13.4. The molecule has 0 amide bonds. The molecule has 0 fully saturated rings. The molecule has 1 aromatic heterocycles. The first-order chi connectivity index (χ1) is 32.0. The Morgan fingerprint density at radius 3 is 1.62 bits per heavy atom. The van der Waals surface area contributed by atoms with Gasteiger partial charge in [0.1, 0.15) is 11.8 Å². The molecule has 11 rings (SSSR count). The maximum Gasteiger partial charge on any atom is 0.252 e. The number of aromatic nitrogens is 1. The highest BCUT2D eigenvalue weighted by molar-refractivity contribution is 7.00. The van der Waals surface area contributed by atoms with Crippen molar-refractivity contribution in [1.82, 2.24) is 4.98 Å². The minimum absolute atomic E-state index is 0.115. The zero-order chi connectivity index (χ0) is 43.9. The average Bonchev–Trinajstić information content (AvgIpc) is 3.38. The number of allylic oxidation sites excluding steroid dienone is 4. The van der Waals surface area contributed by atoms with Crippen LogP contribution in [-0.4, -0.2) is 11.7 Å². The van der Waals surface area contributed by atoms with Crippen LogP contribution in [0.15, 0.2) is 230 Å². The monoisotopic (exact) mass is 830 g/mol. The summed E-state index contributed by atoms with van der Waals surface area (Å²) in [5, 5.41) is 10.0. The molecule has 2 aliphatic rings. The van der Waals surface area contributed by atoms with Gasteiger partial charge in [0.15, 0.2) is 0 Å². The highest BCUT2D eigenvalue weighted by Crippen LogP contribution is 2.46. The Labute approximate surface area is 381 Å². The second kappa shape index (κ2) is 16.7. The number of pyridine rings is 1. The molecule has 0 bridgehead atoms. The van der Waals surface area contributed by atoms with E-state index >= 15 is 0 Å². The van der Waals surface area contributed by atoms with Gasteiger partial charge >= 0.3 is 0 Å². The number of hydrogen-bond donors (Lipinski definition) is 0. The number of anilines is 5. The van der Waals surface area contributed by atoms with Crippen molar-refractivity contribution in [3.63, 3.8) is 0 Å². The van der Waals surface area contributed by atoms with Crippen LogP contribution in [0.5, 0.6) is 0 Å². The quantitative estimate of drug-likeness (QED) is 0.113. The third-order valence-electron chi connectivity index (χ3n) is 12.8. The minimum Gasteiger partial charge on any atom is -0.315 e. The fourth-order valence-corrected chi connectivity index (χ4v) is 9.64. The van der Waals surface area contributed by atoms with Gasteiger partial charge in [0.25, 0.3) is 6.71 Å². The van der Waals surface area contributed by atoms with E-state index in [1.54, 1.807) is 6.07 Å². The zero-order valence-corrected chi connectivity index (χ0v) is 36.2. The molecule has 8 aromatic carbocycles. The molecule has 2 aliphatic heterocycles. The van der Waals surface area contributed by atoms with Crippen molar-refractivity contribution in [2.45, 2.75) is 13.8 Å². The SMILES string of the molecule is C/C(=C\C=C(/C)N1c2ccc(-c3ccccc3)cc2B2c3cc(-c4ccccc4)ccc3N(c3ccc(-c4ccccc4)cc3)c3cc(-c4cccc(C#N)n4)cc1c32)c1ccccc1. The molecular weight excluding hydrogens is 787 g/mol. The third kappa shape index (κ3) is 7.22. The lowest BCUT2D eigenvalue weighted by Crippen LogP contribution is -2.61. The molecule has 0 N–H and O–H groups in total. The summed E-state index contributed by atoms with van der Waals surface area (Å²) in [6.45, 7) is 4.27. The molecule has 0 saturated carbocycles. The van der Waals surface area contributed by atoms with Crippen molar-refractivity contribution in [3.8, 4) is 50.7 Å². The molecule has 306 valence electrons. The normalized spacial score (nSPS) is 12.8. The Balaban J connectivity index is 1.21. The average molecular weight is 831 g/mol. The predicted molar refractivity (Wildman–Crippen MR) is 272 cm³/mol. The third-order valence-corrected chi connectivity index (χ3v) is 12.8. The Kier molecular flexibility index (Phi) is 10.1. The number of rotatable bonds is 8. The van der Waals surface area contributed by atoms with Gasteiger partial charge in [-0.15, -0.1) is 0 Å². The van der Waals surface area contributed by atoms with Crippen molar-refractivity contribution in [3.05, 3.63) is 241 Å². The Bertz CT molecular complexity index is 3340. The van der Waals surface area contributed by atoms with E-state index in [4.69, 9.17) is 4.98 Å². The van der Waals surface area contributed by atoms with Crippen LogP contribution >= 0.6 is 0 Å². The second-order valence-electron chi connectivity index (χ2n) is 16.8. The van der Waals surface area contributed by atoms with Crippen molar-refractivity contribution in [2.24, 2.45) is 0 Å². The van der Waals surface area contributed by atoms with Crippen LogP contribution in [-0.2, 0) is 0 Å². The summed E-state index contributed by atoms with van der Waals surface area (Å²) in [5.74, 6) is 0. The van der Waals surface area contributed by atoms with Gasteiger partial charge in [0.05, 0.1) is 5.69 Å². The van der Waals surface area contributed by atoms with Gasteiger partial charge in [-0.25, -0.2) is 4.98 Å². The summed E-state index contributed by atoms with van der Waals surface area (Å²) in [6.07, 6.45) is 4.47. The highest BCUT2D eigenvalue weighted by atomic mass is 15.2. The lowest BCUT2D eigenvalue weighted by Gasteiger charge is -2.45. The standard InChI is InChI=1S/C60H43BN4/c1-41(43-16-7-3-8-17-43)26-27-42(2)64-56-34-30-48(45-20-11-5-12-21-45)36-53(56)61-54-37-49(46-22-13-6-14-23-46)31-35-57(54)65(52-32-28-47(29-33-52)44-18-9-4-10-19-44)59-39-50(38-58(64)60(59)61)55-25-15-24-51(40-62)63-55/h3-39H,1-2H3/b41-26+,42-27+. The van der Waals surface area contributed by atoms with Crippen LogP contribution < -0.4 is 26.2 Å². The highest BCUT2D eigenvalue weighted by Gasteiger charge is 2.44. The summed E-state index contributed by atoms with van der Waals surface area (Å²) < 4.78 is 0. The van der Waals surface area contributed by atoms with Crippen molar-refractivity contribution < 1.29 is 0 Å². The van der Waals surface area contributed by atoms with Gasteiger partial charge < -0.3 is 9.80 Å². The molecule has 0 atom stereocenters. The van der Waals surface area contributed by atoms with Gasteiger partial charge in [-0.05, 0) is 129 Å². The molecule has 5 heteroatoms. The first kappa shape index (κ1) is 39.4. The summed E-state index contributed by atoms with van der Waals surface area (Å²) in [7, 11) is 0. The molecule has 0 saturated heterocycles. The lowest BCUT2D eigenvalue weighted by atomic mass is 9.33. The van der Waals surface area contributed by atoms with Crippen molar-refractivity contribution >= 4 is 57.1 Å². The van der Waals surface area contributed by atoms with Crippen LogP contribution in [0.2, 0.25) is 0 Å². The van der Waals surface area contributed by atoms with Crippen LogP contribution in [0.4, 0.5) is 28.4 Å². The van der Waals surface area contributed by atoms with Crippen LogP contribution in [0, 0.1) is 11.3 Å². The van der Waals surface area contributed by atoms with Gasteiger partial charge in [-0.3, -0.25) is 0 Å². The molecule has 0 spiro atoms. The van der Waals surface area contributed by atoms with E-state index in [1.165, 1.54) is 55.3 Å². The second-order valence-corrected chi connectivity index (χ2v) is 16.8. The number of hydrogen-bond acceptors (Lipinski definition) is 4. The van der Waals surface area contributed by atoms with E-state index in [1.807, 2.05) is 12.1 Å². The molecular formula is C60H43BN4. The van der Waals surface area contributed by atoms with Crippen molar-refractivity contribution in [2.75, 3.05) is 9.80 Å². The van der Waals surface area contributed by atoms with Crippen LogP contribution in [0.25, 0.3) is 50.2 Å². The number of nitriles is 1. The van der Waals surface area contributed by atoms with E-state index in [9.17, 15) is 5.26 Å². The number of fused-ring (bicyclic) bond motifs is 4. The molecule has 9 aromatic rings. The maximum absolute atomic E-state index is 10.0. The Hall–Kier alpha value is -8.46. The minimum atomic E-state index is -0.115. The first-order valence-corrected chi connectivity index (χ1v) is 22.1. The van der Waals surface area contributed by atoms with Gasteiger partial charge in [-0.1, -0.05) is 170 Å². The fraction of sp³-hybridized carbons (Fsp3) is 0.0333. The van der Waals surface area contributed by atoms with E-state index in [-0.39, 0.29) is 6.71 Å². The largest absolute Gasteiger partial charge is 0.315 e. The van der Waals surface area contributed by atoms with Gasteiger partial charge in [0.2, 0.25) is 0 Å². The summed E-state index contributed by atoms with van der Waals surface area (Å²) in [6, 6.07) is 78.0. The van der Waals surface area contributed by atoms with E-state index in [0.717, 1.165) is 51.0 Å². The zero-order valence-electron chi connectivity index (χ0n) is 36.2. The molecule has 65 heavy (non-hydrogen) atoms. The van der Waals surface area contributed by atoms with Crippen LogP contribution in [0.1, 0.15) is 25.1 Å². The number of nitrogens with zero attached hydrogens (tertiary/aromatic N) is 4. The maximum atomic E-state index is 10.0. The number of benzene rings is 8. The molecule has 0 aliphatic carbocycles. The van der Waals surface area contributed by atoms with Gasteiger partial charge in [-0.2, -0.15) is 5.26 Å². The topological polar surface area (TPSA) is 43.2 Å². The van der Waals surface area contributed by atoms with E-state index < -0.39 is 0 Å². The lowest BCUT2D eigenvalue weighted by molar-refractivity contribution is 1.15. The Morgan fingerprint density at radius 2 is 1.00 bits per heavy atom. The molecule has 3 heterocycles. The first-order valence-electron chi connectivity index (χ1n) is 22.1. The summed E-state index contributed by atoms with van der Waals surface area (Å²) >= 11 is 0. The summed E-state index contributed by atoms with van der Waals surface area (Å²) in [5.41, 5.74) is 21.7. The van der Waals surface area contributed by atoms with Crippen molar-refractivity contribution in [1.29, 1.82) is 5.26 Å².